The van der Waals surface area contributed by atoms with Crippen molar-refractivity contribution in [1.29, 1.82) is 0 Å². The lowest BCUT2D eigenvalue weighted by atomic mass is 10.0. The van der Waals surface area contributed by atoms with Crippen LogP contribution in [-0.2, 0) is 28.6 Å². The van der Waals surface area contributed by atoms with Gasteiger partial charge in [0.05, 0.1) is 0 Å². The first-order valence-electron chi connectivity index (χ1n) is 30.1. The summed E-state index contributed by atoms with van der Waals surface area (Å²) in [5, 5.41) is 0. The predicted molar refractivity (Wildman–Crippen MR) is 307 cm³/mol. The quantitative estimate of drug-likeness (QED) is 0.0261. The number of hydrogen-bond acceptors (Lipinski definition) is 6. The van der Waals surface area contributed by atoms with Crippen LogP contribution < -0.4 is 0 Å². The molecule has 0 saturated heterocycles. The average Bonchev–Trinajstić information content (AvgIpc) is 3.37. The molecule has 0 aliphatic heterocycles. The summed E-state index contributed by atoms with van der Waals surface area (Å²) in [6, 6.07) is 0. The lowest BCUT2D eigenvalue weighted by molar-refractivity contribution is -0.167. The number of allylic oxidation sites excluding steroid dienone is 14. The van der Waals surface area contributed by atoms with Gasteiger partial charge >= 0.3 is 17.9 Å². The zero-order valence-corrected chi connectivity index (χ0v) is 46.7. The molecule has 6 nitrogen and oxygen atoms in total. The highest BCUT2D eigenvalue weighted by Crippen LogP contribution is 2.16. The first-order chi connectivity index (χ1) is 35.0. The molecule has 0 aromatic heterocycles. The maximum absolute atomic E-state index is 12.9. The monoisotopic (exact) mass is 989 g/mol. The first kappa shape index (κ1) is 67.6. The van der Waals surface area contributed by atoms with E-state index in [0.717, 1.165) is 103 Å². The van der Waals surface area contributed by atoms with Gasteiger partial charge in [0.25, 0.3) is 0 Å². The molecule has 0 N–H and O–H groups in total. The Kier molecular flexibility index (Phi) is 56.3. The van der Waals surface area contributed by atoms with Gasteiger partial charge in [0.1, 0.15) is 13.2 Å². The van der Waals surface area contributed by atoms with Crippen LogP contribution in [0.3, 0.4) is 0 Å². The smallest absolute Gasteiger partial charge is 0.306 e. The third-order valence-electron chi connectivity index (χ3n) is 12.9. The number of carbonyl (C=O) groups excluding carboxylic acids is 3. The van der Waals surface area contributed by atoms with Crippen molar-refractivity contribution in [3.63, 3.8) is 0 Å². The lowest BCUT2D eigenvalue weighted by Gasteiger charge is -2.18. The topological polar surface area (TPSA) is 78.9 Å². The maximum Gasteiger partial charge on any atom is 0.306 e. The number of carbonyl (C=O) groups is 3. The fourth-order valence-electron chi connectivity index (χ4n) is 8.33. The molecule has 0 fully saturated rings. The molecule has 71 heavy (non-hydrogen) atoms. The number of rotatable bonds is 54. The van der Waals surface area contributed by atoms with Gasteiger partial charge in [-0.25, -0.2) is 0 Å². The van der Waals surface area contributed by atoms with E-state index in [9.17, 15) is 14.4 Å². The Morgan fingerprint density at radius 2 is 0.563 bits per heavy atom. The standard InChI is InChI=1S/C65H112O6/c1-4-7-10-13-16-19-22-24-26-28-29-30-31-32-33-34-35-37-38-40-43-46-49-52-55-58-64(67)70-61-62(60-69-63(66)57-54-51-48-45-42-21-18-15-12-9-6-3)71-65(68)59-56-53-50-47-44-41-39-36-27-25-23-20-17-14-11-8-5-2/h7,10,15-20,24-27,29-30,62H,4-6,8-9,11-14,21-23,28,31-61H2,1-3H3/b10-7-,18-15-,19-16-,20-17-,26-24-,27-25-,30-29-. The molecule has 1 unspecified atom stereocenters. The zero-order chi connectivity index (χ0) is 51.4. The molecule has 0 radical (unpaired) electrons. The Morgan fingerprint density at radius 3 is 0.915 bits per heavy atom. The van der Waals surface area contributed by atoms with Crippen LogP contribution in [0.25, 0.3) is 0 Å². The van der Waals surface area contributed by atoms with Gasteiger partial charge in [-0.15, -0.1) is 0 Å². The molecule has 0 aromatic rings. The average molecular weight is 990 g/mol. The SMILES string of the molecule is CC/C=C\C/C=C\C/C=C\C/C=C\CCCCCCCCCCCCCCC(=O)OCC(COC(=O)CCCCCCC/C=C\CCCC)OC(=O)CCCCCCCCC/C=C\C/C=C\CCCCC. The minimum atomic E-state index is -0.785. The van der Waals surface area contributed by atoms with Crippen LogP contribution in [0.2, 0.25) is 0 Å². The van der Waals surface area contributed by atoms with E-state index in [1.165, 1.54) is 148 Å². The number of hydrogen-bond donors (Lipinski definition) is 0. The molecule has 0 bridgehead atoms. The van der Waals surface area contributed by atoms with E-state index in [0.29, 0.717) is 19.3 Å². The third kappa shape index (κ3) is 57.4. The number of esters is 3. The van der Waals surface area contributed by atoms with Gasteiger partial charge in [-0.3, -0.25) is 14.4 Å². The van der Waals surface area contributed by atoms with Gasteiger partial charge in [0.15, 0.2) is 6.10 Å². The maximum atomic E-state index is 12.9. The van der Waals surface area contributed by atoms with E-state index < -0.39 is 6.10 Å². The molecule has 0 rings (SSSR count). The van der Waals surface area contributed by atoms with Crippen molar-refractivity contribution >= 4 is 17.9 Å². The summed E-state index contributed by atoms with van der Waals surface area (Å²) in [7, 11) is 0. The Morgan fingerprint density at radius 1 is 0.296 bits per heavy atom. The molecule has 0 heterocycles. The lowest BCUT2D eigenvalue weighted by Crippen LogP contribution is -2.30. The Bertz CT molecular complexity index is 1370. The van der Waals surface area contributed by atoms with Gasteiger partial charge in [-0.2, -0.15) is 0 Å². The molecule has 0 aliphatic carbocycles. The van der Waals surface area contributed by atoms with Crippen LogP contribution in [0.1, 0.15) is 290 Å². The largest absolute Gasteiger partial charge is 0.462 e. The highest BCUT2D eigenvalue weighted by molar-refractivity contribution is 5.71. The van der Waals surface area contributed by atoms with Crippen molar-refractivity contribution in [3.05, 3.63) is 85.1 Å². The summed E-state index contributed by atoms with van der Waals surface area (Å²) in [6.45, 7) is 6.47. The molecular weight excluding hydrogens is 877 g/mol. The van der Waals surface area contributed by atoms with Crippen LogP contribution in [0, 0.1) is 0 Å². The van der Waals surface area contributed by atoms with Gasteiger partial charge in [-0.1, -0.05) is 247 Å². The predicted octanol–water partition coefficient (Wildman–Crippen LogP) is 20.3. The fourth-order valence-corrected chi connectivity index (χ4v) is 8.33. The molecule has 1 atom stereocenters. The van der Waals surface area contributed by atoms with Crippen molar-refractivity contribution in [2.45, 2.75) is 297 Å². The van der Waals surface area contributed by atoms with E-state index in [2.05, 4.69) is 106 Å². The second-order valence-corrected chi connectivity index (χ2v) is 19.9. The van der Waals surface area contributed by atoms with E-state index in [4.69, 9.17) is 14.2 Å². The third-order valence-corrected chi connectivity index (χ3v) is 12.9. The van der Waals surface area contributed by atoms with Crippen molar-refractivity contribution < 1.29 is 28.6 Å². The summed E-state index contributed by atoms with van der Waals surface area (Å²) in [6.07, 6.45) is 77.2. The summed E-state index contributed by atoms with van der Waals surface area (Å²) in [4.78, 5) is 38.2. The first-order valence-corrected chi connectivity index (χ1v) is 30.1. The number of ether oxygens (including phenoxy) is 3. The van der Waals surface area contributed by atoms with Gasteiger partial charge in [0, 0.05) is 19.3 Å². The van der Waals surface area contributed by atoms with E-state index >= 15 is 0 Å². The molecule has 0 aromatic carbocycles. The Labute approximate surface area is 439 Å². The van der Waals surface area contributed by atoms with E-state index in [-0.39, 0.29) is 31.1 Å². The van der Waals surface area contributed by atoms with Gasteiger partial charge < -0.3 is 14.2 Å². The summed E-state index contributed by atoms with van der Waals surface area (Å²) in [5.41, 5.74) is 0. The molecule has 0 aliphatic rings. The van der Waals surface area contributed by atoms with E-state index in [1.807, 2.05) is 0 Å². The number of unbranched alkanes of at least 4 members (excludes halogenated alkanes) is 29. The fraction of sp³-hybridized carbons (Fsp3) is 0.738. The van der Waals surface area contributed by atoms with Crippen LogP contribution in [0.5, 0.6) is 0 Å². The molecule has 408 valence electrons. The molecular formula is C65H112O6. The van der Waals surface area contributed by atoms with Gasteiger partial charge in [0.2, 0.25) is 0 Å². The summed E-state index contributed by atoms with van der Waals surface area (Å²) < 4.78 is 16.9. The zero-order valence-electron chi connectivity index (χ0n) is 46.7. The van der Waals surface area contributed by atoms with Crippen LogP contribution >= 0.6 is 0 Å². The highest BCUT2D eigenvalue weighted by Gasteiger charge is 2.19. The molecule has 0 saturated carbocycles. The second kappa shape index (κ2) is 59.2. The van der Waals surface area contributed by atoms with Crippen molar-refractivity contribution in [3.8, 4) is 0 Å². The van der Waals surface area contributed by atoms with Crippen molar-refractivity contribution in [2.24, 2.45) is 0 Å². The Balaban J connectivity index is 4.28. The minimum Gasteiger partial charge on any atom is -0.462 e. The van der Waals surface area contributed by atoms with Crippen molar-refractivity contribution in [1.82, 2.24) is 0 Å². The van der Waals surface area contributed by atoms with E-state index in [1.54, 1.807) is 0 Å². The normalized spacial score (nSPS) is 12.7. The van der Waals surface area contributed by atoms with Gasteiger partial charge in [-0.05, 0) is 109 Å². The molecule has 0 spiro atoms. The van der Waals surface area contributed by atoms with Crippen LogP contribution in [-0.4, -0.2) is 37.2 Å². The summed E-state index contributed by atoms with van der Waals surface area (Å²) >= 11 is 0. The molecule has 6 heteroatoms. The molecule has 0 amide bonds. The van der Waals surface area contributed by atoms with Crippen molar-refractivity contribution in [2.75, 3.05) is 13.2 Å². The summed E-state index contributed by atoms with van der Waals surface area (Å²) in [5.74, 6) is -0.895. The van der Waals surface area contributed by atoms with Crippen LogP contribution in [0.15, 0.2) is 85.1 Å². The van der Waals surface area contributed by atoms with Crippen LogP contribution in [0.4, 0.5) is 0 Å². The minimum absolute atomic E-state index is 0.0824. The second-order valence-electron chi connectivity index (χ2n) is 19.9. The highest BCUT2D eigenvalue weighted by atomic mass is 16.6. The Hall–Kier alpha value is -3.41.